The van der Waals surface area contributed by atoms with Gasteiger partial charge in [-0.25, -0.2) is 0 Å². The lowest BCUT2D eigenvalue weighted by Crippen LogP contribution is -2.50. The van der Waals surface area contributed by atoms with E-state index in [-0.39, 0.29) is 6.10 Å². The molecule has 2 nitrogen and oxygen atoms in total. The van der Waals surface area contributed by atoms with Crippen LogP contribution in [0.3, 0.4) is 0 Å². The molecule has 8 atom stereocenters. The van der Waals surface area contributed by atoms with Crippen molar-refractivity contribution in [2.75, 3.05) is 13.7 Å². The first-order valence-electron chi connectivity index (χ1n) is 11.3. The molecule has 26 heavy (non-hydrogen) atoms. The Morgan fingerprint density at radius 1 is 1.15 bits per heavy atom. The standard InChI is InChI=1S/C24H40O2/c1-16(11-14-26-4)20-7-8-21-19-6-5-17-15-18(25)9-12-23(17,2)22(19)10-13-24(20,21)3/h5,16,18-22,25H,6-15H2,1-4H3. The van der Waals surface area contributed by atoms with Crippen LogP contribution >= 0.6 is 0 Å². The number of fused-ring (bicyclic) bond motifs is 5. The molecular weight excluding hydrogens is 320 g/mol. The van der Waals surface area contributed by atoms with Crippen LogP contribution in [0.4, 0.5) is 0 Å². The van der Waals surface area contributed by atoms with E-state index < -0.39 is 0 Å². The lowest BCUT2D eigenvalue weighted by molar-refractivity contribution is -0.0581. The molecule has 0 spiro atoms. The van der Waals surface area contributed by atoms with Crippen molar-refractivity contribution in [3.05, 3.63) is 11.6 Å². The van der Waals surface area contributed by atoms with Gasteiger partial charge in [-0.2, -0.15) is 0 Å². The zero-order valence-electron chi connectivity index (χ0n) is 17.5. The molecule has 0 aromatic heterocycles. The average molecular weight is 361 g/mol. The van der Waals surface area contributed by atoms with Gasteiger partial charge in [0.2, 0.25) is 0 Å². The van der Waals surface area contributed by atoms with E-state index in [1.807, 2.05) is 7.11 Å². The summed E-state index contributed by atoms with van der Waals surface area (Å²) in [5.41, 5.74) is 2.53. The van der Waals surface area contributed by atoms with E-state index in [9.17, 15) is 5.11 Å². The molecule has 2 heteroatoms. The van der Waals surface area contributed by atoms with Gasteiger partial charge in [0.05, 0.1) is 6.10 Å². The van der Waals surface area contributed by atoms with Gasteiger partial charge in [0.15, 0.2) is 0 Å². The Morgan fingerprint density at radius 2 is 1.96 bits per heavy atom. The quantitative estimate of drug-likeness (QED) is 0.661. The molecule has 0 aromatic rings. The van der Waals surface area contributed by atoms with Crippen LogP contribution in [0.2, 0.25) is 0 Å². The van der Waals surface area contributed by atoms with Crippen molar-refractivity contribution in [3.8, 4) is 0 Å². The number of hydrogen-bond donors (Lipinski definition) is 1. The van der Waals surface area contributed by atoms with Crippen LogP contribution in [-0.4, -0.2) is 24.9 Å². The Hall–Kier alpha value is -0.340. The molecule has 0 radical (unpaired) electrons. The third-order valence-electron chi connectivity index (χ3n) is 9.62. The zero-order valence-corrected chi connectivity index (χ0v) is 17.5. The average Bonchev–Trinajstić information content (AvgIpc) is 2.97. The van der Waals surface area contributed by atoms with Crippen LogP contribution in [0.15, 0.2) is 11.6 Å². The number of hydrogen-bond acceptors (Lipinski definition) is 2. The summed E-state index contributed by atoms with van der Waals surface area (Å²) in [6, 6.07) is 0. The molecule has 4 aliphatic rings. The summed E-state index contributed by atoms with van der Waals surface area (Å²) in [6.45, 7) is 8.57. The molecule has 0 aliphatic heterocycles. The van der Waals surface area contributed by atoms with Crippen LogP contribution in [0.5, 0.6) is 0 Å². The van der Waals surface area contributed by atoms with Crippen LogP contribution in [0, 0.1) is 40.4 Å². The van der Waals surface area contributed by atoms with Crippen molar-refractivity contribution >= 4 is 0 Å². The lowest BCUT2D eigenvalue weighted by Gasteiger charge is -2.58. The number of rotatable bonds is 4. The first kappa shape index (κ1) is 19.0. The molecule has 3 saturated carbocycles. The van der Waals surface area contributed by atoms with Gasteiger partial charge in [0.25, 0.3) is 0 Å². The first-order chi connectivity index (χ1) is 12.4. The Labute approximate surface area is 160 Å². The van der Waals surface area contributed by atoms with E-state index in [4.69, 9.17) is 4.74 Å². The fourth-order valence-electron chi connectivity index (χ4n) is 8.12. The topological polar surface area (TPSA) is 29.5 Å². The molecule has 0 amide bonds. The van der Waals surface area contributed by atoms with Crippen LogP contribution in [0.1, 0.15) is 78.6 Å². The molecule has 4 aliphatic carbocycles. The van der Waals surface area contributed by atoms with Crippen LogP contribution in [0.25, 0.3) is 0 Å². The summed E-state index contributed by atoms with van der Waals surface area (Å²) in [6.07, 6.45) is 13.9. The van der Waals surface area contributed by atoms with Gasteiger partial charge in [-0.1, -0.05) is 32.4 Å². The van der Waals surface area contributed by atoms with Crippen molar-refractivity contribution in [1.29, 1.82) is 0 Å². The molecular formula is C24H40O2. The van der Waals surface area contributed by atoms with Crippen LogP contribution in [-0.2, 0) is 4.74 Å². The van der Waals surface area contributed by atoms with E-state index >= 15 is 0 Å². The molecule has 8 unspecified atom stereocenters. The summed E-state index contributed by atoms with van der Waals surface area (Å²) in [5.74, 6) is 4.34. The van der Waals surface area contributed by atoms with Crippen molar-refractivity contribution in [3.63, 3.8) is 0 Å². The highest BCUT2D eigenvalue weighted by molar-refractivity contribution is 5.25. The molecule has 0 heterocycles. The van der Waals surface area contributed by atoms with Crippen molar-refractivity contribution in [2.24, 2.45) is 40.4 Å². The number of methoxy groups -OCH3 is 1. The summed E-state index contributed by atoms with van der Waals surface area (Å²) in [4.78, 5) is 0. The monoisotopic (exact) mass is 360 g/mol. The van der Waals surface area contributed by atoms with Gasteiger partial charge in [-0.05, 0) is 98.2 Å². The predicted molar refractivity (Wildman–Crippen MR) is 107 cm³/mol. The minimum atomic E-state index is -0.0859. The Morgan fingerprint density at radius 3 is 2.73 bits per heavy atom. The molecule has 0 bridgehead atoms. The summed E-state index contributed by atoms with van der Waals surface area (Å²) >= 11 is 0. The Bertz CT molecular complexity index is 554. The molecule has 1 N–H and O–H groups in total. The molecule has 0 aromatic carbocycles. The van der Waals surface area contributed by atoms with Crippen molar-refractivity contribution < 1.29 is 9.84 Å². The third-order valence-corrected chi connectivity index (χ3v) is 9.62. The van der Waals surface area contributed by atoms with E-state index in [2.05, 4.69) is 26.8 Å². The fraction of sp³-hybridized carbons (Fsp3) is 0.917. The highest BCUT2D eigenvalue weighted by Gasteiger charge is 2.59. The van der Waals surface area contributed by atoms with E-state index in [1.54, 1.807) is 5.57 Å². The Kier molecular flexibility index (Phi) is 5.06. The minimum Gasteiger partial charge on any atom is -0.393 e. The van der Waals surface area contributed by atoms with Gasteiger partial charge in [0.1, 0.15) is 0 Å². The fourth-order valence-corrected chi connectivity index (χ4v) is 8.12. The molecule has 4 rings (SSSR count). The minimum absolute atomic E-state index is 0.0859. The van der Waals surface area contributed by atoms with E-state index in [1.165, 1.54) is 44.9 Å². The number of allylic oxidation sites excluding steroid dienone is 1. The molecule has 3 fully saturated rings. The zero-order chi connectivity index (χ0) is 18.5. The maximum atomic E-state index is 10.2. The van der Waals surface area contributed by atoms with Crippen molar-refractivity contribution in [2.45, 2.75) is 84.7 Å². The SMILES string of the molecule is COCCC(C)C1CCC2C3CC=C4CC(O)CCC4(C)C3CCC12C. The van der Waals surface area contributed by atoms with Gasteiger partial charge in [0, 0.05) is 13.7 Å². The predicted octanol–water partition coefficient (Wildman–Crippen LogP) is 5.60. The van der Waals surface area contributed by atoms with Gasteiger partial charge < -0.3 is 9.84 Å². The lowest BCUT2D eigenvalue weighted by atomic mass is 9.47. The summed E-state index contributed by atoms with van der Waals surface area (Å²) in [7, 11) is 1.84. The van der Waals surface area contributed by atoms with Gasteiger partial charge in [-0.15, -0.1) is 0 Å². The van der Waals surface area contributed by atoms with Gasteiger partial charge in [-0.3, -0.25) is 0 Å². The Balaban J connectivity index is 1.56. The van der Waals surface area contributed by atoms with Crippen molar-refractivity contribution in [1.82, 2.24) is 0 Å². The first-order valence-corrected chi connectivity index (χ1v) is 11.3. The summed E-state index contributed by atoms with van der Waals surface area (Å²) in [5, 5.41) is 10.2. The number of aliphatic hydroxyl groups is 1. The second-order valence-corrected chi connectivity index (χ2v) is 10.6. The summed E-state index contributed by atoms with van der Waals surface area (Å²) < 4.78 is 5.38. The maximum absolute atomic E-state index is 10.2. The third kappa shape index (κ3) is 2.82. The number of ether oxygens (including phenoxy) is 1. The maximum Gasteiger partial charge on any atom is 0.0577 e. The largest absolute Gasteiger partial charge is 0.393 e. The van der Waals surface area contributed by atoms with E-state index in [0.717, 1.165) is 49.0 Å². The smallest absolute Gasteiger partial charge is 0.0577 e. The second-order valence-electron chi connectivity index (χ2n) is 10.6. The highest BCUT2D eigenvalue weighted by atomic mass is 16.5. The second kappa shape index (κ2) is 6.92. The highest BCUT2D eigenvalue weighted by Crippen LogP contribution is 2.67. The van der Waals surface area contributed by atoms with Crippen LogP contribution < -0.4 is 0 Å². The number of aliphatic hydroxyl groups excluding tert-OH is 1. The molecule has 148 valence electrons. The molecule has 0 saturated heterocycles. The van der Waals surface area contributed by atoms with Gasteiger partial charge >= 0.3 is 0 Å². The van der Waals surface area contributed by atoms with E-state index in [0.29, 0.717) is 10.8 Å². The normalized spacial score (nSPS) is 49.0.